The number of rotatable bonds is 7. The summed E-state index contributed by atoms with van der Waals surface area (Å²) >= 11 is 0. The Kier molecular flexibility index (Phi) is 7.08. The molecule has 26 heavy (non-hydrogen) atoms. The summed E-state index contributed by atoms with van der Waals surface area (Å²) in [6, 6.07) is 9.96. The van der Waals surface area contributed by atoms with E-state index in [1.165, 1.54) is 12.1 Å². The second-order valence-electron chi connectivity index (χ2n) is 5.42. The van der Waals surface area contributed by atoms with Crippen LogP contribution in [0.1, 0.15) is 11.1 Å². The van der Waals surface area contributed by atoms with Crippen molar-refractivity contribution in [2.75, 3.05) is 28.4 Å². The lowest BCUT2D eigenvalue weighted by Crippen LogP contribution is -2.36. The molecule has 0 heterocycles. The number of ether oxygens (including phenoxy) is 3. The normalized spacial score (nSPS) is 11.0. The second-order valence-corrected chi connectivity index (χ2v) is 5.42. The van der Waals surface area contributed by atoms with Crippen molar-refractivity contribution in [3.05, 3.63) is 53.3 Å². The van der Waals surface area contributed by atoms with Gasteiger partial charge in [0.1, 0.15) is 11.6 Å². The largest absolute Gasteiger partial charge is 0.496 e. The van der Waals surface area contributed by atoms with E-state index in [1.54, 1.807) is 46.6 Å². The van der Waals surface area contributed by atoms with Gasteiger partial charge in [-0.15, -0.1) is 0 Å². The molecule has 0 radical (unpaired) electrons. The van der Waals surface area contributed by atoms with E-state index in [2.05, 4.69) is 15.6 Å². The molecule has 0 saturated carbocycles. The summed E-state index contributed by atoms with van der Waals surface area (Å²) in [5, 5.41) is 6.40. The molecule has 0 amide bonds. The van der Waals surface area contributed by atoms with E-state index in [9.17, 15) is 4.39 Å². The highest BCUT2D eigenvalue weighted by molar-refractivity contribution is 5.79. The van der Waals surface area contributed by atoms with Crippen LogP contribution in [0.3, 0.4) is 0 Å². The molecule has 7 heteroatoms. The summed E-state index contributed by atoms with van der Waals surface area (Å²) in [5.41, 5.74) is 1.85. The number of halogens is 1. The first kappa shape index (κ1) is 19.4. The summed E-state index contributed by atoms with van der Waals surface area (Å²) in [7, 11) is 6.46. The molecular formula is C19H24FN3O3. The first-order chi connectivity index (χ1) is 12.6. The first-order valence-electron chi connectivity index (χ1n) is 8.09. The summed E-state index contributed by atoms with van der Waals surface area (Å²) in [4.78, 5) is 4.19. The van der Waals surface area contributed by atoms with Gasteiger partial charge in [-0.3, -0.25) is 4.99 Å². The highest BCUT2D eigenvalue weighted by Gasteiger charge is 2.12. The van der Waals surface area contributed by atoms with Crippen LogP contribution in [0.2, 0.25) is 0 Å². The minimum atomic E-state index is -0.253. The van der Waals surface area contributed by atoms with Crippen molar-refractivity contribution >= 4 is 5.96 Å². The second kappa shape index (κ2) is 9.50. The van der Waals surface area contributed by atoms with E-state index in [1.807, 2.05) is 6.07 Å². The summed E-state index contributed by atoms with van der Waals surface area (Å²) in [6.07, 6.45) is 0. The lowest BCUT2D eigenvalue weighted by atomic mass is 10.1. The predicted octanol–water partition coefficient (Wildman–Crippen LogP) is 2.72. The van der Waals surface area contributed by atoms with Gasteiger partial charge in [0.05, 0.1) is 21.3 Å². The number of aliphatic imine (C=N–C) groups is 1. The zero-order valence-corrected chi connectivity index (χ0v) is 15.4. The lowest BCUT2D eigenvalue weighted by Gasteiger charge is -2.16. The Balaban J connectivity index is 2.02. The standard InChI is InChI=1S/C19H24FN3O3/c1-21-19(22-11-13-5-7-15(20)8-6-13)23-12-14-9-17(25-3)18(26-4)10-16(14)24-2/h5-10H,11-12H2,1-4H3,(H2,21,22,23). The van der Waals surface area contributed by atoms with Gasteiger partial charge in [0.15, 0.2) is 17.5 Å². The number of nitrogens with one attached hydrogen (secondary N) is 2. The Bertz CT molecular complexity index is 748. The molecule has 0 atom stereocenters. The molecule has 0 unspecified atom stereocenters. The Morgan fingerprint density at radius 2 is 1.46 bits per heavy atom. The lowest BCUT2D eigenvalue weighted by molar-refractivity contribution is 0.347. The Morgan fingerprint density at radius 1 is 0.885 bits per heavy atom. The van der Waals surface area contributed by atoms with Gasteiger partial charge in [-0.25, -0.2) is 4.39 Å². The number of nitrogens with zero attached hydrogens (tertiary/aromatic N) is 1. The minimum absolute atomic E-state index is 0.253. The molecule has 0 fully saturated rings. The quantitative estimate of drug-likeness (QED) is 0.586. The highest BCUT2D eigenvalue weighted by atomic mass is 19.1. The summed E-state index contributed by atoms with van der Waals surface area (Å²) in [5.74, 6) is 2.28. The minimum Gasteiger partial charge on any atom is -0.496 e. The van der Waals surface area contributed by atoms with Crippen molar-refractivity contribution in [1.29, 1.82) is 0 Å². The molecule has 0 aliphatic heterocycles. The van der Waals surface area contributed by atoms with Crippen LogP contribution in [0.4, 0.5) is 4.39 Å². The van der Waals surface area contributed by atoms with E-state index in [4.69, 9.17) is 14.2 Å². The monoisotopic (exact) mass is 361 g/mol. The number of hydrogen-bond donors (Lipinski definition) is 2. The van der Waals surface area contributed by atoms with Gasteiger partial charge in [0, 0.05) is 31.8 Å². The number of methoxy groups -OCH3 is 3. The fourth-order valence-electron chi connectivity index (χ4n) is 2.42. The molecule has 140 valence electrons. The van der Waals surface area contributed by atoms with E-state index in [-0.39, 0.29) is 5.82 Å². The average molecular weight is 361 g/mol. The molecule has 2 aromatic carbocycles. The van der Waals surface area contributed by atoms with E-state index in [0.29, 0.717) is 36.3 Å². The zero-order valence-electron chi connectivity index (χ0n) is 15.4. The van der Waals surface area contributed by atoms with Gasteiger partial charge >= 0.3 is 0 Å². The number of guanidine groups is 1. The van der Waals surface area contributed by atoms with Crippen LogP contribution >= 0.6 is 0 Å². The number of benzene rings is 2. The third-order valence-corrected chi connectivity index (χ3v) is 3.83. The van der Waals surface area contributed by atoms with Crippen LogP contribution in [0.5, 0.6) is 17.2 Å². The first-order valence-corrected chi connectivity index (χ1v) is 8.09. The molecule has 0 aromatic heterocycles. The van der Waals surface area contributed by atoms with E-state index >= 15 is 0 Å². The topological polar surface area (TPSA) is 64.1 Å². The van der Waals surface area contributed by atoms with Gasteiger partial charge in [0.2, 0.25) is 0 Å². The van der Waals surface area contributed by atoms with Crippen LogP contribution in [-0.2, 0) is 13.1 Å². The van der Waals surface area contributed by atoms with Crippen molar-refractivity contribution in [1.82, 2.24) is 10.6 Å². The molecule has 6 nitrogen and oxygen atoms in total. The van der Waals surface area contributed by atoms with Crippen molar-refractivity contribution in [2.24, 2.45) is 4.99 Å². The smallest absolute Gasteiger partial charge is 0.191 e. The molecule has 0 saturated heterocycles. The van der Waals surface area contributed by atoms with E-state index < -0.39 is 0 Å². The van der Waals surface area contributed by atoms with Gasteiger partial charge in [-0.2, -0.15) is 0 Å². The Labute approximate surface area is 153 Å². The van der Waals surface area contributed by atoms with Crippen molar-refractivity contribution in [3.8, 4) is 17.2 Å². The van der Waals surface area contributed by atoms with Crippen LogP contribution in [0, 0.1) is 5.82 Å². The zero-order chi connectivity index (χ0) is 18.9. The molecule has 0 aliphatic rings. The van der Waals surface area contributed by atoms with Gasteiger partial charge in [-0.05, 0) is 23.8 Å². The molecule has 2 rings (SSSR count). The van der Waals surface area contributed by atoms with Crippen LogP contribution in [-0.4, -0.2) is 34.3 Å². The maximum Gasteiger partial charge on any atom is 0.191 e. The van der Waals surface area contributed by atoms with Gasteiger partial charge in [-0.1, -0.05) is 12.1 Å². The third-order valence-electron chi connectivity index (χ3n) is 3.83. The average Bonchev–Trinajstić information content (AvgIpc) is 2.68. The van der Waals surface area contributed by atoms with Crippen LogP contribution < -0.4 is 24.8 Å². The molecule has 0 bridgehead atoms. The summed E-state index contributed by atoms with van der Waals surface area (Å²) in [6.45, 7) is 1.01. The fraction of sp³-hybridized carbons (Fsp3) is 0.316. The third kappa shape index (κ3) is 5.02. The summed E-state index contributed by atoms with van der Waals surface area (Å²) < 4.78 is 29.0. The predicted molar refractivity (Wildman–Crippen MR) is 99.5 cm³/mol. The Hall–Kier alpha value is -2.96. The molecule has 0 spiro atoms. The van der Waals surface area contributed by atoms with Crippen molar-refractivity contribution in [3.63, 3.8) is 0 Å². The molecule has 0 aliphatic carbocycles. The maximum atomic E-state index is 13.0. The van der Waals surface area contributed by atoms with Crippen molar-refractivity contribution in [2.45, 2.75) is 13.1 Å². The number of hydrogen-bond acceptors (Lipinski definition) is 4. The van der Waals surface area contributed by atoms with E-state index in [0.717, 1.165) is 11.1 Å². The molecular weight excluding hydrogens is 337 g/mol. The van der Waals surface area contributed by atoms with Crippen LogP contribution in [0.15, 0.2) is 41.4 Å². The van der Waals surface area contributed by atoms with Gasteiger partial charge < -0.3 is 24.8 Å². The molecule has 2 aromatic rings. The Morgan fingerprint density at radius 3 is 2.04 bits per heavy atom. The van der Waals surface area contributed by atoms with Crippen molar-refractivity contribution < 1.29 is 18.6 Å². The highest BCUT2D eigenvalue weighted by Crippen LogP contribution is 2.34. The SMILES string of the molecule is CN=C(NCc1ccc(F)cc1)NCc1cc(OC)c(OC)cc1OC. The van der Waals surface area contributed by atoms with Crippen LogP contribution in [0.25, 0.3) is 0 Å². The maximum absolute atomic E-state index is 13.0. The molecule has 2 N–H and O–H groups in total. The fourth-order valence-corrected chi connectivity index (χ4v) is 2.42. The van der Waals surface area contributed by atoms with Gasteiger partial charge in [0.25, 0.3) is 0 Å².